The van der Waals surface area contributed by atoms with E-state index in [0.29, 0.717) is 29.6 Å². The topological polar surface area (TPSA) is 86.1 Å². The van der Waals surface area contributed by atoms with Gasteiger partial charge in [0.2, 0.25) is 0 Å². The highest BCUT2D eigenvalue weighted by atomic mass is 16.5. The first-order valence-electron chi connectivity index (χ1n) is 9.71. The largest absolute Gasteiger partial charge is 0.461 e. The van der Waals surface area contributed by atoms with Gasteiger partial charge >= 0.3 is 11.7 Å². The molecule has 0 bridgehead atoms. The molecule has 7 nitrogen and oxygen atoms in total. The molecule has 0 aliphatic rings. The quantitative estimate of drug-likeness (QED) is 0.380. The van der Waals surface area contributed by atoms with Crippen LogP contribution in [0.25, 0.3) is 10.9 Å². The van der Waals surface area contributed by atoms with Gasteiger partial charge in [-0.15, -0.1) is 0 Å². The molecule has 0 aliphatic carbocycles. The summed E-state index contributed by atoms with van der Waals surface area (Å²) in [5, 5.41) is 0.452. The van der Waals surface area contributed by atoms with E-state index in [1.165, 1.54) is 0 Å². The van der Waals surface area contributed by atoms with Gasteiger partial charge in [-0.05, 0) is 36.2 Å². The van der Waals surface area contributed by atoms with Crippen LogP contribution in [0.15, 0.2) is 82.5 Å². The molecular formula is C23H21N3O4. The second-order valence-corrected chi connectivity index (χ2v) is 6.93. The normalized spacial score (nSPS) is 10.9. The van der Waals surface area contributed by atoms with Gasteiger partial charge in [0.1, 0.15) is 5.69 Å². The number of ether oxygens (including phenoxy) is 1. The molecular weight excluding hydrogens is 382 g/mol. The van der Waals surface area contributed by atoms with Crippen LogP contribution >= 0.6 is 0 Å². The Balaban J connectivity index is 1.37. The maximum absolute atomic E-state index is 12.5. The van der Waals surface area contributed by atoms with Gasteiger partial charge in [0, 0.05) is 19.3 Å². The van der Waals surface area contributed by atoms with Gasteiger partial charge in [0.05, 0.1) is 17.5 Å². The van der Waals surface area contributed by atoms with E-state index in [1.807, 2.05) is 41.1 Å². The van der Waals surface area contributed by atoms with Crippen LogP contribution in [0.4, 0.5) is 0 Å². The summed E-state index contributed by atoms with van der Waals surface area (Å²) in [4.78, 5) is 39.9. The highest BCUT2D eigenvalue weighted by Gasteiger charge is 2.13. The smallest absolute Gasteiger partial charge is 0.354 e. The summed E-state index contributed by atoms with van der Waals surface area (Å²) in [7, 11) is 0. The summed E-state index contributed by atoms with van der Waals surface area (Å²) in [6.07, 6.45) is 2.18. The van der Waals surface area contributed by atoms with E-state index in [4.69, 9.17) is 4.74 Å². The summed E-state index contributed by atoms with van der Waals surface area (Å²) in [6.45, 7) is 0.839. The molecule has 0 saturated carbocycles. The summed E-state index contributed by atoms with van der Waals surface area (Å²) < 4.78 is 8.33. The molecule has 0 saturated heterocycles. The van der Waals surface area contributed by atoms with Gasteiger partial charge in [-0.3, -0.25) is 9.36 Å². The second kappa shape index (κ2) is 8.65. The van der Waals surface area contributed by atoms with E-state index in [-0.39, 0.29) is 18.7 Å². The Labute approximate surface area is 172 Å². The van der Waals surface area contributed by atoms with E-state index in [9.17, 15) is 14.4 Å². The van der Waals surface area contributed by atoms with Crippen molar-refractivity contribution in [1.29, 1.82) is 0 Å². The van der Waals surface area contributed by atoms with Crippen molar-refractivity contribution in [1.82, 2.24) is 14.1 Å². The third kappa shape index (κ3) is 4.10. The van der Waals surface area contributed by atoms with Crippen LogP contribution in [-0.2, 0) is 17.8 Å². The summed E-state index contributed by atoms with van der Waals surface area (Å²) in [5.41, 5.74) is 1.23. The van der Waals surface area contributed by atoms with Gasteiger partial charge in [0.15, 0.2) is 0 Å². The van der Waals surface area contributed by atoms with Crippen LogP contribution in [0.5, 0.6) is 0 Å². The SMILES string of the molecule is O=C(OCCCn1c(=O)[nH]c2ccccc2c1=O)c1cccn1Cc1ccccc1. The molecule has 0 amide bonds. The molecule has 0 aliphatic heterocycles. The van der Waals surface area contributed by atoms with Crippen LogP contribution < -0.4 is 11.2 Å². The maximum atomic E-state index is 12.5. The standard InChI is InChI=1S/C23H21N3O4/c27-21-18-10-4-5-11-19(18)24-23(29)26(21)14-7-15-30-22(28)20-12-6-13-25(20)16-17-8-2-1-3-9-17/h1-6,8-13H,7,14-16H2,(H,24,29). The van der Waals surface area contributed by atoms with Crippen molar-refractivity contribution in [2.45, 2.75) is 19.5 Å². The number of benzene rings is 2. The number of nitrogens with zero attached hydrogens (tertiary/aromatic N) is 2. The zero-order valence-electron chi connectivity index (χ0n) is 16.3. The van der Waals surface area contributed by atoms with Crippen molar-refractivity contribution in [2.75, 3.05) is 6.61 Å². The Morgan fingerprint density at radius 2 is 1.70 bits per heavy atom. The molecule has 0 atom stereocenters. The van der Waals surface area contributed by atoms with Crippen LogP contribution in [0.1, 0.15) is 22.5 Å². The summed E-state index contributed by atoms with van der Waals surface area (Å²) in [6, 6.07) is 20.2. The lowest BCUT2D eigenvalue weighted by molar-refractivity contribution is 0.0483. The van der Waals surface area contributed by atoms with E-state index in [2.05, 4.69) is 4.98 Å². The van der Waals surface area contributed by atoms with Gasteiger partial charge in [-0.25, -0.2) is 9.59 Å². The van der Waals surface area contributed by atoms with E-state index in [1.54, 1.807) is 36.4 Å². The van der Waals surface area contributed by atoms with Gasteiger partial charge in [-0.1, -0.05) is 42.5 Å². The number of hydrogen-bond donors (Lipinski definition) is 1. The monoisotopic (exact) mass is 403 g/mol. The van der Waals surface area contributed by atoms with Crippen molar-refractivity contribution >= 4 is 16.9 Å². The number of fused-ring (bicyclic) bond motifs is 1. The molecule has 0 fully saturated rings. The first-order chi connectivity index (χ1) is 14.6. The molecule has 30 heavy (non-hydrogen) atoms. The Morgan fingerprint density at radius 1 is 0.933 bits per heavy atom. The first kappa shape index (κ1) is 19.4. The zero-order valence-corrected chi connectivity index (χ0v) is 16.3. The fourth-order valence-corrected chi connectivity index (χ4v) is 3.38. The highest BCUT2D eigenvalue weighted by molar-refractivity contribution is 5.87. The average molecular weight is 403 g/mol. The number of aromatic amines is 1. The number of carbonyl (C=O) groups is 1. The van der Waals surface area contributed by atoms with Crippen molar-refractivity contribution in [3.63, 3.8) is 0 Å². The third-order valence-electron chi connectivity index (χ3n) is 4.88. The summed E-state index contributed by atoms with van der Waals surface area (Å²) in [5.74, 6) is -0.435. The van der Waals surface area contributed by atoms with Crippen LogP contribution in [0.3, 0.4) is 0 Å². The minimum atomic E-state index is -0.471. The Morgan fingerprint density at radius 3 is 2.53 bits per heavy atom. The molecule has 0 unspecified atom stereocenters. The first-order valence-corrected chi connectivity index (χ1v) is 9.71. The number of aromatic nitrogens is 3. The second-order valence-electron chi connectivity index (χ2n) is 6.93. The minimum Gasteiger partial charge on any atom is -0.461 e. The molecule has 2 aromatic carbocycles. The van der Waals surface area contributed by atoms with E-state index in [0.717, 1.165) is 10.1 Å². The predicted molar refractivity (Wildman–Crippen MR) is 114 cm³/mol. The number of esters is 1. The number of nitrogens with one attached hydrogen (secondary N) is 1. The highest BCUT2D eigenvalue weighted by Crippen LogP contribution is 2.09. The zero-order chi connectivity index (χ0) is 20.9. The van der Waals surface area contributed by atoms with Crippen molar-refractivity contribution < 1.29 is 9.53 Å². The van der Waals surface area contributed by atoms with Crippen LogP contribution in [0.2, 0.25) is 0 Å². The molecule has 0 radical (unpaired) electrons. The predicted octanol–water partition coefficient (Wildman–Crippen LogP) is 2.79. The molecule has 2 aromatic heterocycles. The number of hydrogen-bond acceptors (Lipinski definition) is 4. The fraction of sp³-hybridized carbons (Fsp3) is 0.174. The van der Waals surface area contributed by atoms with Gasteiger partial charge < -0.3 is 14.3 Å². The number of para-hydroxylation sites is 1. The lowest BCUT2D eigenvalue weighted by atomic mass is 10.2. The fourth-order valence-electron chi connectivity index (χ4n) is 3.38. The average Bonchev–Trinajstić information content (AvgIpc) is 3.22. The van der Waals surface area contributed by atoms with Crippen molar-refractivity contribution in [3.05, 3.63) is 105 Å². The van der Waals surface area contributed by atoms with E-state index >= 15 is 0 Å². The summed E-state index contributed by atoms with van der Waals surface area (Å²) >= 11 is 0. The molecule has 0 spiro atoms. The Kier molecular flexibility index (Phi) is 5.61. The van der Waals surface area contributed by atoms with Crippen LogP contribution in [0, 0.1) is 0 Å². The molecule has 2 heterocycles. The van der Waals surface area contributed by atoms with Gasteiger partial charge in [-0.2, -0.15) is 0 Å². The minimum absolute atomic E-state index is 0.105. The molecule has 4 rings (SSSR count). The van der Waals surface area contributed by atoms with Gasteiger partial charge in [0.25, 0.3) is 5.56 Å². The van der Waals surface area contributed by atoms with Crippen molar-refractivity contribution in [3.8, 4) is 0 Å². The van der Waals surface area contributed by atoms with Crippen LogP contribution in [-0.4, -0.2) is 26.7 Å². The molecule has 152 valence electrons. The lowest BCUT2D eigenvalue weighted by Gasteiger charge is -2.10. The number of carbonyl (C=O) groups excluding carboxylic acids is 1. The third-order valence-corrected chi connectivity index (χ3v) is 4.88. The lowest BCUT2D eigenvalue weighted by Crippen LogP contribution is -2.35. The maximum Gasteiger partial charge on any atom is 0.354 e. The van der Waals surface area contributed by atoms with E-state index < -0.39 is 11.7 Å². The molecule has 1 N–H and O–H groups in total. The molecule has 4 aromatic rings. The Hall–Kier alpha value is -3.87. The Bertz CT molecular complexity index is 1290. The van der Waals surface area contributed by atoms with Crippen molar-refractivity contribution in [2.24, 2.45) is 0 Å². The number of rotatable bonds is 7. The molecule has 7 heteroatoms. The number of H-pyrrole nitrogens is 1.